The maximum atomic E-state index is 12.9. The highest BCUT2D eigenvalue weighted by Crippen LogP contribution is 2.24. The van der Waals surface area contributed by atoms with Crippen molar-refractivity contribution in [2.24, 2.45) is 0 Å². The Kier molecular flexibility index (Phi) is 6.22. The molecule has 10 nitrogen and oxygen atoms in total. The van der Waals surface area contributed by atoms with Gasteiger partial charge in [-0.05, 0) is 44.2 Å². The number of hydrogen-bond donors (Lipinski definition) is 2. The highest BCUT2D eigenvalue weighted by molar-refractivity contribution is 6.04. The Morgan fingerprint density at radius 2 is 1.74 bits per heavy atom. The summed E-state index contributed by atoms with van der Waals surface area (Å²) in [4.78, 5) is 33.8. The lowest BCUT2D eigenvalue weighted by Crippen LogP contribution is -2.25. The van der Waals surface area contributed by atoms with E-state index in [1.54, 1.807) is 48.5 Å². The molecule has 2 N–H and O–H groups in total. The third-order valence-electron chi connectivity index (χ3n) is 4.70. The summed E-state index contributed by atoms with van der Waals surface area (Å²) >= 11 is 0. The van der Waals surface area contributed by atoms with E-state index < -0.39 is 17.2 Å². The number of carbonyl (C=O) groups is 1. The smallest absolute Gasteiger partial charge is 0.322 e. The van der Waals surface area contributed by atoms with E-state index in [1.807, 2.05) is 19.9 Å². The van der Waals surface area contributed by atoms with Crippen LogP contribution in [0.25, 0.3) is 5.69 Å². The molecule has 0 unspecified atom stereocenters. The molecule has 34 heavy (non-hydrogen) atoms. The Morgan fingerprint density at radius 1 is 1.00 bits per heavy atom. The van der Waals surface area contributed by atoms with Crippen LogP contribution in [-0.2, 0) is 0 Å². The van der Waals surface area contributed by atoms with Gasteiger partial charge in [-0.15, -0.1) is 0 Å². The van der Waals surface area contributed by atoms with Crippen LogP contribution in [0.5, 0.6) is 23.3 Å². The molecular weight excluding hydrogens is 438 g/mol. The summed E-state index contributed by atoms with van der Waals surface area (Å²) in [5, 5.41) is 16.9. The minimum absolute atomic E-state index is 0.184. The normalized spacial score (nSPS) is 10.6. The number of amides is 1. The van der Waals surface area contributed by atoms with Crippen LogP contribution in [-0.4, -0.2) is 37.9 Å². The first kappa shape index (κ1) is 22.5. The van der Waals surface area contributed by atoms with Crippen molar-refractivity contribution in [1.82, 2.24) is 19.7 Å². The average Bonchev–Trinajstić information content (AvgIpc) is 2.78. The van der Waals surface area contributed by atoms with E-state index in [-0.39, 0.29) is 11.7 Å². The zero-order valence-electron chi connectivity index (χ0n) is 18.6. The first-order chi connectivity index (χ1) is 16.3. The fourth-order valence-electron chi connectivity index (χ4n) is 3.26. The summed E-state index contributed by atoms with van der Waals surface area (Å²) in [5.74, 6) is -0.489. The van der Waals surface area contributed by atoms with Gasteiger partial charge in [0.2, 0.25) is 0 Å². The highest BCUT2D eigenvalue weighted by Gasteiger charge is 2.19. The van der Waals surface area contributed by atoms with Crippen LogP contribution in [0.15, 0.2) is 65.5 Å². The number of aromatic nitrogens is 4. The minimum Gasteiger partial charge on any atom is -0.505 e. The Hall–Kier alpha value is -4.73. The molecular formula is C24H21N5O5. The lowest BCUT2D eigenvalue weighted by molar-refractivity contribution is 0.101. The van der Waals surface area contributed by atoms with Crippen LogP contribution in [0.4, 0.5) is 5.69 Å². The van der Waals surface area contributed by atoms with Gasteiger partial charge in [-0.1, -0.05) is 18.2 Å². The molecule has 2 aromatic heterocycles. The molecule has 0 aliphatic heterocycles. The summed E-state index contributed by atoms with van der Waals surface area (Å²) < 4.78 is 12.0. The standard InChI is InChI=1S/C24H21N5O5/c1-14-11-15(2)26-24(25-14)34-17-8-6-7-16(12-17)27-23(32)22-19(30)13-21(31)29(28-22)18-9-4-5-10-20(18)33-3/h4-13,30H,1-3H3,(H,27,32). The summed E-state index contributed by atoms with van der Waals surface area (Å²) in [6.45, 7) is 3.67. The Bertz CT molecular complexity index is 1410. The van der Waals surface area contributed by atoms with Crippen LogP contribution in [0.3, 0.4) is 0 Å². The first-order valence-electron chi connectivity index (χ1n) is 10.2. The van der Waals surface area contributed by atoms with Gasteiger partial charge in [0, 0.05) is 29.2 Å². The third-order valence-corrected chi connectivity index (χ3v) is 4.70. The second kappa shape index (κ2) is 9.41. The molecule has 0 saturated heterocycles. The van der Waals surface area contributed by atoms with Crippen molar-refractivity contribution in [3.63, 3.8) is 0 Å². The number of benzene rings is 2. The predicted octanol–water partition coefficient (Wildman–Crippen LogP) is 3.40. The van der Waals surface area contributed by atoms with E-state index >= 15 is 0 Å². The van der Waals surface area contributed by atoms with Crippen molar-refractivity contribution in [2.75, 3.05) is 12.4 Å². The summed E-state index contributed by atoms with van der Waals surface area (Å²) in [6.07, 6.45) is 0. The summed E-state index contributed by atoms with van der Waals surface area (Å²) in [5.41, 5.74) is 1.27. The van der Waals surface area contributed by atoms with E-state index in [0.29, 0.717) is 22.9 Å². The molecule has 0 radical (unpaired) electrons. The second-order valence-electron chi connectivity index (χ2n) is 7.32. The largest absolute Gasteiger partial charge is 0.505 e. The average molecular weight is 459 g/mol. The van der Waals surface area contributed by atoms with Crippen LogP contribution < -0.4 is 20.3 Å². The van der Waals surface area contributed by atoms with Gasteiger partial charge in [-0.3, -0.25) is 9.59 Å². The molecule has 4 aromatic rings. The summed E-state index contributed by atoms with van der Waals surface area (Å²) in [6, 6.07) is 16.2. The molecule has 2 heterocycles. The van der Waals surface area contributed by atoms with Crippen LogP contribution in [0.1, 0.15) is 21.9 Å². The van der Waals surface area contributed by atoms with Gasteiger partial charge in [-0.25, -0.2) is 9.97 Å². The molecule has 0 aliphatic carbocycles. The minimum atomic E-state index is -0.721. The van der Waals surface area contributed by atoms with E-state index in [0.717, 1.165) is 22.1 Å². The number of carbonyl (C=O) groups excluding carboxylic acids is 1. The third kappa shape index (κ3) is 4.85. The van der Waals surface area contributed by atoms with Crippen LogP contribution >= 0.6 is 0 Å². The molecule has 172 valence electrons. The number of rotatable bonds is 6. The maximum Gasteiger partial charge on any atom is 0.322 e. The van der Waals surface area contributed by atoms with Gasteiger partial charge in [0.15, 0.2) is 11.4 Å². The number of aromatic hydroxyl groups is 1. The number of para-hydroxylation sites is 2. The van der Waals surface area contributed by atoms with E-state index in [4.69, 9.17) is 9.47 Å². The molecule has 4 rings (SSSR count). The van der Waals surface area contributed by atoms with Gasteiger partial charge in [0.05, 0.1) is 7.11 Å². The predicted molar refractivity (Wildman–Crippen MR) is 124 cm³/mol. The second-order valence-corrected chi connectivity index (χ2v) is 7.32. The van der Waals surface area contributed by atoms with Crippen molar-refractivity contribution < 1.29 is 19.4 Å². The van der Waals surface area contributed by atoms with Gasteiger partial charge >= 0.3 is 6.01 Å². The van der Waals surface area contributed by atoms with Gasteiger partial charge in [-0.2, -0.15) is 9.78 Å². The van der Waals surface area contributed by atoms with Crippen molar-refractivity contribution in [3.05, 3.63) is 88.1 Å². The lowest BCUT2D eigenvalue weighted by Gasteiger charge is -2.12. The van der Waals surface area contributed by atoms with Crippen molar-refractivity contribution >= 4 is 11.6 Å². The SMILES string of the molecule is COc1ccccc1-n1nc(C(=O)Nc2cccc(Oc3nc(C)cc(C)n3)c2)c(O)cc1=O. The van der Waals surface area contributed by atoms with Crippen molar-refractivity contribution in [2.45, 2.75) is 13.8 Å². The quantitative estimate of drug-likeness (QED) is 0.449. The van der Waals surface area contributed by atoms with E-state index in [9.17, 15) is 14.7 Å². The zero-order valence-corrected chi connectivity index (χ0v) is 18.6. The molecule has 0 bridgehead atoms. The van der Waals surface area contributed by atoms with Gasteiger partial charge in [0.25, 0.3) is 11.5 Å². The number of ether oxygens (including phenoxy) is 2. The molecule has 10 heteroatoms. The molecule has 0 spiro atoms. The van der Waals surface area contributed by atoms with E-state index in [1.165, 1.54) is 7.11 Å². The number of hydrogen-bond acceptors (Lipinski definition) is 8. The monoisotopic (exact) mass is 459 g/mol. The van der Waals surface area contributed by atoms with Crippen molar-refractivity contribution in [1.29, 1.82) is 0 Å². The fraction of sp³-hybridized carbons (Fsp3) is 0.125. The first-order valence-corrected chi connectivity index (χ1v) is 10.2. The highest BCUT2D eigenvalue weighted by atomic mass is 16.5. The Labute approximate surface area is 194 Å². The Morgan fingerprint density at radius 3 is 2.47 bits per heavy atom. The topological polar surface area (TPSA) is 128 Å². The van der Waals surface area contributed by atoms with E-state index in [2.05, 4.69) is 20.4 Å². The number of aryl methyl sites for hydroxylation is 2. The fourth-order valence-corrected chi connectivity index (χ4v) is 3.26. The zero-order chi connectivity index (χ0) is 24.2. The number of anilines is 1. The van der Waals surface area contributed by atoms with Gasteiger partial charge < -0.3 is 19.9 Å². The molecule has 0 saturated carbocycles. The maximum absolute atomic E-state index is 12.9. The lowest BCUT2D eigenvalue weighted by atomic mass is 10.2. The summed E-state index contributed by atoms with van der Waals surface area (Å²) in [7, 11) is 1.45. The van der Waals surface area contributed by atoms with Crippen LogP contribution in [0.2, 0.25) is 0 Å². The van der Waals surface area contributed by atoms with Crippen molar-refractivity contribution in [3.8, 4) is 28.9 Å². The number of nitrogens with one attached hydrogen (secondary N) is 1. The molecule has 2 aromatic carbocycles. The number of nitrogens with zero attached hydrogens (tertiary/aromatic N) is 4. The van der Waals surface area contributed by atoms with Crippen LogP contribution in [0, 0.1) is 13.8 Å². The number of methoxy groups -OCH3 is 1. The molecule has 1 amide bonds. The molecule has 0 fully saturated rings. The van der Waals surface area contributed by atoms with Gasteiger partial charge in [0.1, 0.15) is 17.2 Å². The molecule has 0 atom stereocenters. The molecule has 0 aliphatic rings. The Balaban J connectivity index is 1.61.